The maximum absolute atomic E-state index is 12.5. The van der Waals surface area contributed by atoms with E-state index >= 15 is 0 Å². The van der Waals surface area contributed by atoms with Crippen LogP contribution in [0.3, 0.4) is 0 Å². The lowest BCUT2D eigenvalue weighted by atomic mass is 10.1. The number of nitrogens with zero attached hydrogens (tertiary/aromatic N) is 1. The molecule has 0 unspecified atom stereocenters. The minimum absolute atomic E-state index is 0.0989. The third-order valence-electron chi connectivity index (χ3n) is 4.36. The summed E-state index contributed by atoms with van der Waals surface area (Å²) in [5.41, 5.74) is 3.18. The second kappa shape index (κ2) is 7.35. The molecule has 0 N–H and O–H groups in total. The molecule has 0 bridgehead atoms. The van der Waals surface area contributed by atoms with Gasteiger partial charge in [-0.05, 0) is 49.2 Å². The molecule has 3 heteroatoms. The molecule has 0 saturated carbocycles. The Bertz CT molecular complexity index is 878. The van der Waals surface area contributed by atoms with Crippen molar-refractivity contribution < 1.29 is 4.74 Å². The van der Waals surface area contributed by atoms with Crippen molar-refractivity contribution in [3.05, 3.63) is 70.5 Å². The van der Waals surface area contributed by atoms with Gasteiger partial charge in [0.05, 0.1) is 12.6 Å². The molecule has 3 aromatic rings. The fraction of sp³-hybridized carbons (Fsp3) is 0.286. The molecule has 0 radical (unpaired) electrons. The summed E-state index contributed by atoms with van der Waals surface area (Å²) in [4.78, 5) is 12.5. The second-order valence-corrected chi connectivity index (χ2v) is 6.01. The third kappa shape index (κ3) is 3.21. The van der Waals surface area contributed by atoms with E-state index in [1.54, 1.807) is 13.2 Å². The Labute approximate surface area is 142 Å². The van der Waals surface area contributed by atoms with Crippen LogP contribution in [0.1, 0.15) is 31.9 Å². The zero-order chi connectivity index (χ0) is 16.9. The van der Waals surface area contributed by atoms with Crippen molar-refractivity contribution in [2.24, 2.45) is 0 Å². The summed E-state index contributed by atoms with van der Waals surface area (Å²) in [6.07, 6.45) is 4.33. The Balaban J connectivity index is 2.19. The van der Waals surface area contributed by atoms with E-state index < -0.39 is 0 Å². The highest BCUT2D eigenvalue weighted by atomic mass is 16.5. The summed E-state index contributed by atoms with van der Waals surface area (Å²) in [7, 11) is 1.67. The molecule has 0 amide bonds. The molecule has 1 heterocycles. The number of hydrogen-bond donors (Lipinski definition) is 0. The third-order valence-corrected chi connectivity index (χ3v) is 4.36. The van der Waals surface area contributed by atoms with E-state index in [-0.39, 0.29) is 5.43 Å². The van der Waals surface area contributed by atoms with Crippen LogP contribution in [-0.4, -0.2) is 11.7 Å². The van der Waals surface area contributed by atoms with Crippen LogP contribution in [0.2, 0.25) is 0 Å². The number of unbranched alkanes of at least 4 members (excludes halogenated alkanes) is 2. The topological polar surface area (TPSA) is 31.2 Å². The summed E-state index contributed by atoms with van der Waals surface area (Å²) < 4.78 is 7.46. The molecule has 0 aliphatic heterocycles. The number of para-hydroxylation sites is 1. The lowest BCUT2D eigenvalue weighted by Crippen LogP contribution is -2.13. The minimum atomic E-state index is 0.0989. The number of rotatable bonds is 6. The van der Waals surface area contributed by atoms with Gasteiger partial charge in [-0.15, -0.1) is 0 Å². The van der Waals surface area contributed by atoms with Crippen molar-refractivity contribution in [3.63, 3.8) is 0 Å². The Kier molecular flexibility index (Phi) is 4.99. The molecule has 3 nitrogen and oxygen atoms in total. The highest BCUT2D eigenvalue weighted by Crippen LogP contribution is 2.22. The molecule has 0 atom stereocenters. The van der Waals surface area contributed by atoms with Crippen LogP contribution < -0.4 is 10.2 Å². The van der Waals surface area contributed by atoms with Crippen LogP contribution in [-0.2, 0) is 6.42 Å². The first-order valence-corrected chi connectivity index (χ1v) is 8.52. The van der Waals surface area contributed by atoms with Gasteiger partial charge >= 0.3 is 0 Å². The molecule has 0 aliphatic rings. The highest BCUT2D eigenvalue weighted by Gasteiger charge is 2.10. The van der Waals surface area contributed by atoms with Gasteiger partial charge in [-0.25, -0.2) is 0 Å². The van der Waals surface area contributed by atoms with Crippen molar-refractivity contribution in [2.75, 3.05) is 7.11 Å². The summed E-state index contributed by atoms with van der Waals surface area (Å²) >= 11 is 0. The van der Waals surface area contributed by atoms with Gasteiger partial charge in [-0.3, -0.25) is 4.79 Å². The fourth-order valence-corrected chi connectivity index (χ4v) is 3.10. The normalized spacial score (nSPS) is 10.9. The predicted molar refractivity (Wildman–Crippen MR) is 99.3 cm³/mol. The Hall–Kier alpha value is -2.55. The molecule has 0 aliphatic carbocycles. The molecular weight excluding hydrogens is 298 g/mol. The lowest BCUT2D eigenvalue weighted by molar-refractivity contribution is 0.414. The van der Waals surface area contributed by atoms with Gasteiger partial charge in [0.2, 0.25) is 0 Å². The summed E-state index contributed by atoms with van der Waals surface area (Å²) in [5, 5.41) is 0.757. The van der Waals surface area contributed by atoms with Crippen LogP contribution in [0.25, 0.3) is 16.6 Å². The number of ether oxygens (including phenoxy) is 1. The zero-order valence-corrected chi connectivity index (χ0v) is 14.3. The molecule has 0 saturated heterocycles. The molecule has 0 fully saturated rings. The van der Waals surface area contributed by atoms with Crippen LogP contribution in [0.5, 0.6) is 5.75 Å². The molecule has 1 aromatic heterocycles. The molecule has 0 spiro atoms. The SMILES string of the molecule is CCCCCc1cc(=O)c2ccccc2n1-c1ccc(OC)cc1. The van der Waals surface area contributed by atoms with Crippen LogP contribution >= 0.6 is 0 Å². The average Bonchev–Trinajstić information content (AvgIpc) is 2.62. The zero-order valence-electron chi connectivity index (χ0n) is 14.3. The van der Waals surface area contributed by atoms with E-state index in [0.29, 0.717) is 0 Å². The molecule has 124 valence electrons. The summed E-state index contributed by atoms with van der Waals surface area (Å²) in [5.74, 6) is 0.830. The predicted octanol–water partition coefficient (Wildman–Crippen LogP) is 4.73. The van der Waals surface area contributed by atoms with E-state index in [1.807, 2.05) is 48.5 Å². The molecule has 3 rings (SSSR count). The first-order valence-electron chi connectivity index (χ1n) is 8.52. The summed E-state index contributed by atoms with van der Waals surface area (Å²) in [6.45, 7) is 2.19. The molecule has 2 aromatic carbocycles. The maximum Gasteiger partial charge on any atom is 0.189 e. The highest BCUT2D eigenvalue weighted by molar-refractivity contribution is 5.81. The molecular formula is C21H23NO2. The van der Waals surface area contributed by atoms with Crippen LogP contribution in [0.15, 0.2) is 59.4 Å². The fourth-order valence-electron chi connectivity index (χ4n) is 3.10. The Morgan fingerprint density at radius 1 is 1.00 bits per heavy atom. The number of aromatic nitrogens is 1. The van der Waals surface area contributed by atoms with Crippen molar-refractivity contribution in [2.45, 2.75) is 32.6 Å². The Morgan fingerprint density at radius 3 is 2.46 bits per heavy atom. The van der Waals surface area contributed by atoms with Crippen molar-refractivity contribution in [3.8, 4) is 11.4 Å². The standard InChI is InChI=1S/C21H23NO2/c1-3-4-5-8-17-15-21(23)19-9-6-7-10-20(19)22(17)16-11-13-18(24-2)14-12-16/h6-7,9-15H,3-5,8H2,1-2H3. The average molecular weight is 321 g/mol. The van der Waals surface area contributed by atoms with Gasteiger partial charge in [-0.1, -0.05) is 31.9 Å². The first-order chi connectivity index (χ1) is 11.7. The van der Waals surface area contributed by atoms with E-state index in [4.69, 9.17) is 4.74 Å². The van der Waals surface area contributed by atoms with Gasteiger partial charge in [0, 0.05) is 22.8 Å². The largest absolute Gasteiger partial charge is 0.497 e. The van der Waals surface area contributed by atoms with Gasteiger partial charge in [0.25, 0.3) is 0 Å². The van der Waals surface area contributed by atoms with Crippen LogP contribution in [0, 0.1) is 0 Å². The number of fused-ring (bicyclic) bond motifs is 1. The number of hydrogen-bond acceptors (Lipinski definition) is 2. The van der Waals surface area contributed by atoms with E-state index in [9.17, 15) is 4.79 Å². The Morgan fingerprint density at radius 2 is 1.75 bits per heavy atom. The lowest BCUT2D eigenvalue weighted by Gasteiger charge is -2.17. The number of benzene rings is 2. The minimum Gasteiger partial charge on any atom is -0.497 e. The van der Waals surface area contributed by atoms with E-state index in [2.05, 4.69) is 11.5 Å². The second-order valence-electron chi connectivity index (χ2n) is 6.01. The maximum atomic E-state index is 12.5. The smallest absolute Gasteiger partial charge is 0.189 e. The summed E-state index contributed by atoms with van der Waals surface area (Å²) in [6, 6.07) is 17.6. The number of methoxy groups -OCH3 is 1. The van der Waals surface area contributed by atoms with Crippen molar-refractivity contribution >= 4 is 10.9 Å². The molecule has 24 heavy (non-hydrogen) atoms. The number of pyridine rings is 1. The van der Waals surface area contributed by atoms with Crippen molar-refractivity contribution in [1.29, 1.82) is 0 Å². The number of aryl methyl sites for hydroxylation is 1. The van der Waals surface area contributed by atoms with Crippen molar-refractivity contribution in [1.82, 2.24) is 4.57 Å². The van der Waals surface area contributed by atoms with E-state index in [0.717, 1.165) is 40.9 Å². The van der Waals surface area contributed by atoms with Gasteiger partial charge in [-0.2, -0.15) is 0 Å². The monoisotopic (exact) mass is 321 g/mol. The van der Waals surface area contributed by atoms with Crippen LogP contribution in [0.4, 0.5) is 0 Å². The quantitative estimate of drug-likeness (QED) is 0.614. The van der Waals surface area contributed by atoms with E-state index in [1.165, 1.54) is 12.8 Å². The first kappa shape index (κ1) is 16.3. The van der Waals surface area contributed by atoms with Gasteiger partial charge < -0.3 is 9.30 Å². The van der Waals surface area contributed by atoms with Gasteiger partial charge in [0.15, 0.2) is 5.43 Å². The van der Waals surface area contributed by atoms with Gasteiger partial charge in [0.1, 0.15) is 5.75 Å².